The molecule has 12 heteroatoms. The normalized spacial score (nSPS) is 25.3. The van der Waals surface area contributed by atoms with Gasteiger partial charge in [0.05, 0.1) is 0 Å². The molecule has 1 aliphatic heterocycles. The summed E-state index contributed by atoms with van der Waals surface area (Å²) in [5.41, 5.74) is -0.789. The lowest BCUT2D eigenvalue weighted by Gasteiger charge is -2.44. The van der Waals surface area contributed by atoms with Crippen LogP contribution >= 0.6 is 23.5 Å². The Bertz CT molecular complexity index is 668. The van der Waals surface area contributed by atoms with Crippen LogP contribution in [0.2, 0.25) is 0 Å². The quantitative estimate of drug-likeness (QED) is 0.255. The van der Waals surface area contributed by atoms with E-state index in [0.717, 1.165) is 0 Å². The lowest BCUT2D eigenvalue weighted by molar-refractivity contribution is -0.237. The van der Waals surface area contributed by atoms with Gasteiger partial charge >= 0.3 is 23.9 Å². The number of hydrogen-bond donors (Lipinski definition) is 0. The van der Waals surface area contributed by atoms with Crippen molar-refractivity contribution in [3.63, 3.8) is 0 Å². The topological polar surface area (TPSA) is 132 Å². The molecule has 176 valence electrons. The van der Waals surface area contributed by atoms with Crippen molar-refractivity contribution >= 4 is 52.5 Å². The molecule has 0 aromatic heterocycles. The summed E-state index contributed by atoms with van der Waals surface area (Å²) in [5, 5.41) is 0.0114. The maximum absolute atomic E-state index is 11.7. The average molecular weight is 481 g/mol. The van der Waals surface area contributed by atoms with E-state index in [-0.39, 0.29) is 11.7 Å². The second-order valence-corrected chi connectivity index (χ2v) is 9.11. The van der Waals surface area contributed by atoms with Crippen LogP contribution in [0.5, 0.6) is 0 Å². The molecule has 0 aromatic rings. The lowest BCUT2D eigenvalue weighted by atomic mass is 9.99. The smallest absolute Gasteiger partial charge is 0.303 e. The molecule has 5 atom stereocenters. The van der Waals surface area contributed by atoms with E-state index < -0.39 is 53.7 Å². The van der Waals surface area contributed by atoms with Crippen molar-refractivity contribution in [3.05, 3.63) is 0 Å². The van der Waals surface area contributed by atoms with E-state index in [1.807, 2.05) is 0 Å². The summed E-state index contributed by atoms with van der Waals surface area (Å²) < 4.78 is 27.0. The van der Waals surface area contributed by atoms with E-state index in [1.54, 1.807) is 0 Å². The van der Waals surface area contributed by atoms with Crippen LogP contribution in [0.4, 0.5) is 0 Å². The Morgan fingerprint density at radius 3 is 1.81 bits per heavy atom. The second-order valence-electron chi connectivity index (χ2n) is 6.63. The van der Waals surface area contributed by atoms with Crippen molar-refractivity contribution in [1.82, 2.24) is 0 Å². The maximum atomic E-state index is 11.7. The molecule has 0 unspecified atom stereocenters. The first-order valence-electron chi connectivity index (χ1n) is 9.56. The highest BCUT2D eigenvalue weighted by molar-refractivity contribution is 8.13. The van der Waals surface area contributed by atoms with E-state index in [2.05, 4.69) is 0 Å². The molecule has 0 amide bonds. The van der Waals surface area contributed by atoms with Gasteiger partial charge in [-0.2, -0.15) is 0 Å². The molecule has 0 spiro atoms. The third-order valence-corrected chi connectivity index (χ3v) is 5.96. The fourth-order valence-electron chi connectivity index (χ4n) is 2.80. The highest BCUT2D eigenvalue weighted by atomic mass is 32.2. The number of hydrogen-bond acceptors (Lipinski definition) is 12. The minimum atomic E-state index is -1.16. The van der Waals surface area contributed by atoms with Gasteiger partial charge in [-0.05, 0) is 12.2 Å². The summed E-state index contributed by atoms with van der Waals surface area (Å²) in [6.07, 6.45) is -3.67. The molecule has 0 radical (unpaired) electrons. The molecular formula is C19H28O10S2. The van der Waals surface area contributed by atoms with Crippen molar-refractivity contribution in [2.75, 3.05) is 18.1 Å². The van der Waals surface area contributed by atoms with Gasteiger partial charge < -0.3 is 23.7 Å². The molecule has 1 fully saturated rings. The van der Waals surface area contributed by atoms with E-state index in [9.17, 15) is 24.0 Å². The summed E-state index contributed by atoms with van der Waals surface area (Å²) in [7, 11) is 0. The predicted octanol–water partition coefficient (Wildman–Crippen LogP) is 1.47. The van der Waals surface area contributed by atoms with Gasteiger partial charge in [-0.15, -0.1) is 11.8 Å². The van der Waals surface area contributed by atoms with E-state index in [4.69, 9.17) is 23.7 Å². The predicted molar refractivity (Wildman–Crippen MR) is 112 cm³/mol. The molecule has 31 heavy (non-hydrogen) atoms. The van der Waals surface area contributed by atoms with Gasteiger partial charge in [0.15, 0.2) is 23.4 Å². The van der Waals surface area contributed by atoms with Crippen molar-refractivity contribution in [3.8, 4) is 0 Å². The third-order valence-electron chi connectivity index (χ3n) is 3.82. The van der Waals surface area contributed by atoms with Crippen LogP contribution in [0.1, 0.15) is 41.0 Å². The number of thioether (sulfide) groups is 2. The van der Waals surface area contributed by atoms with E-state index >= 15 is 0 Å². The summed E-state index contributed by atoms with van der Waals surface area (Å²) >= 11 is 2.49. The molecule has 1 aliphatic rings. The van der Waals surface area contributed by atoms with Crippen LogP contribution in [0, 0.1) is 0 Å². The molecule has 0 N–H and O–H groups in total. The average Bonchev–Trinajstić information content (AvgIpc) is 2.62. The first-order valence-corrected chi connectivity index (χ1v) is 11.6. The first-order chi connectivity index (χ1) is 14.5. The lowest BCUT2D eigenvalue weighted by Crippen LogP contribution is -2.61. The molecule has 1 rings (SSSR count). The Kier molecular flexibility index (Phi) is 11.9. The molecule has 1 saturated heterocycles. The molecule has 0 saturated carbocycles. The highest BCUT2D eigenvalue weighted by Gasteiger charge is 2.52. The summed E-state index contributed by atoms with van der Waals surface area (Å²) in [6, 6.07) is 0. The van der Waals surface area contributed by atoms with Crippen LogP contribution < -0.4 is 0 Å². The molecule has 1 heterocycles. The van der Waals surface area contributed by atoms with Gasteiger partial charge in [0, 0.05) is 40.4 Å². The fourth-order valence-corrected chi connectivity index (χ4v) is 4.72. The molecular weight excluding hydrogens is 452 g/mol. The zero-order valence-electron chi connectivity index (χ0n) is 18.1. The summed E-state index contributed by atoms with van der Waals surface area (Å²) in [4.78, 5) is 57.5. The van der Waals surface area contributed by atoms with Crippen molar-refractivity contribution < 1.29 is 47.7 Å². The number of carbonyl (C=O) groups excluding carboxylic acids is 5. The fraction of sp³-hybridized carbons (Fsp3) is 0.737. The number of rotatable bonds is 10. The highest BCUT2D eigenvalue weighted by Crippen LogP contribution is 2.34. The standard InChI is InChI=1S/C19H28O10S2/c1-10(20)25-9-15-16(26-11(2)21)17(27-12(3)22)18(28-13(4)23)19(29-15)31-8-6-7-30-14(5)24/h15-19H,6-9H2,1-5H3/t15-,16-,17+,18-,19+/m1/s1. The second kappa shape index (κ2) is 13.6. The Balaban J connectivity index is 3.11. The van der Waals surface area contributed by atoms with Crippen LogP contribution in [0.15, 0.2) is 0 Å². The Hall–Kier alpha value is -1.79. The third kappa shape index (κ3) is 10.4. The van der Waals surface area contributed by atoms with Crippen LogP contribution in [-0.4, -0.2) is 77.0 Å². The van der Waals surface area contributed by atoms with Gasteiger partial charge in [0.2, 0.25) is 0 Å². The molecule has 10 nitrogen and oxygen atoms in total. The van der Waals surface area contributed by atoms with E-state index in [1.165, 1.54) is 58.1 Å². The zero-order chi connectivity index (χ0) is 23.6. The van der Waals surface area contributed by atoms with Crippen LogP contribution in [-0.2, 0) is 47.7 Å². The van der Waals surface area contributed by atoms with Gasteiger partial charge in [-0.25, -0.2) is 0 Å². The minimum absolute atomic E-state index is 0.0114. The van der Waals surface area contributed by atoms with Gasteiger partial charge in [0.1, 0.15) is 18.1 Å². The molecule has 0 aliphatic carbocycles. The van der Waals surface area contributed by atoms with Crippen molar-refractivity contribution in [2.45, 2.75) is 70.9 Å². The Labute approximate surface area is 189 Å². The Morgan fingerprint density at radius 2 is 1.29 bits per heavy atom. The molecule has 0 bridgehead atoms. The zero-order valence-corrected chi connectivity index (χ0v) is 19.7. The summed E-state index contributed by atoms with van der Waals surface area (Å²) in [5.74, 6) is -1.39. The van der Waals surface area contributed by atoms with Gasteiger partial charge in [0.25, 0.3) is 0 Å². The van der Waals surface area contributed by atoms with Crippen molar-refractivity contribution in [2.24, 2.45) is 0 Å². The number of carbonyl (C=O) groups is 5. The number of esters is 4. The van der Waals surface area contributed by atoms with Crippen LogP contribution in [0.3, 0.4) is 0 Å². The maximum Gasteiger partial charge on any atom is 0.303 e. The van der Waals surface area contributed by atoms with Crippen molar-refractivity contribution in [1.29, 1.82) is 0 Å². The molecule has 0 aromatic carbocycles. The first kappa shape index (κ1) is 27.2. The number of ether oxygens (including phenoxy) is 5. The van der Waals surface area contributed by atoms with Crippen LogP contribution in [0.25, 0.3) is 0 Å². The van der Waals surface area contributed by atoms with Gasteiger partial charge in [-0.3, -0.25) is 24.0 Å². The largest absolute Gasteiger partial charge is 0.463 e. The van der Waals surface area contributed by atoms with Gasteiger partial charge in [-0.1, -0.05) is 11.8 Å². The SMILES string of the molecule is CC(=O)OC[C@H]1O[C@@H](SCCCSC(C)=O)[C@H](OC(C)=O)[C@@H](OC(C)=O)[C@@H]1OC(C)=O. The summed E-state index contributed by atoms with van der Waals surface area (Å²) in [6.45, 7) is 5.98. The monoisotopic (exact) mass is 480 g/mol. The van der Waals surface area contributed by atoms with E-state index in [0.29, 0.717) is 17.9 Å². The minimum Gasteiger partial charge on any atom is -0.463 e. The Morgan fingerprint density at radius 1 is 0.742 bits per heavy atom.